The number of benzene rings is 1. The number of hydrogen-bond acceptors (Lipinski definition) is 3. The number of rotatable bonds is 3. The molecule has 1 aromatic rings. The molecule has 5 heteroatoms. The van der Waals surface area contributed by atoms with E-state index in [9.17, 15) is 14.7 Å². The highest BCUT2D eigenvalue weighted by Gasteiger charge is 2.54. The van der Waals surface area contributed by atoms with Crippen molar-refractivity contribution in [3.63, 3.8) is 0 Å². The molecule has 1 N–H and O–H groups in total. The quantitative estimate of drug-likeness (QED) is 0.783. The van der Waals surface area contributed by atoms with Crippen molar-refractivity contribution >= 4 is 11.8 Å². The molecule has 0 aromatic heterocycles. The van der Waals surface area contributed by atoms with Crippen LogP contribution in [0.5, 0.6) is 0 Å². The van der Waals surface area contributed by atoms with Crippen molar-refractivity contribution in [1.29, 1.82) is 0 Å². The second-order valence-corrected chi connectivity index (χ2v) is 9.24. The fourth-order valence-electron chi connectivity index (χ4n) is 5.29. The third-order valence-electron chi connectivity index (χ3n) is 6.82. The molecule has 2 aliphatic heterocycles. The monoisotopic (exact) mass is 408 g/mol. The van der Waals surface area contributed by atoms with Crippen molar-refractivity contribution in [1.82, 2.24) is 9.80 Å². The summed E-state index contributed by atoms with van der Waals surface area (Å²) in [5.41, 5.74) is 2.07. The van der Waals surface area contributed by atoms with Crippen molar-refractivity contribution in [2.45, 2.75) is 64.0 Å². The molecule has 1 aliphatic carbocycles. The second kappa shape index (κ2) is 8.81. The maximum atomic E-state index is 13.0. The van der Waals surface area contributed by atoms with Crippen LogP contribution in [0.4, 0.5) is 0 Å². The molecule has 1 saturated carbocycles. The smallest absolute Gasteiger partial charge is 0.242 e. The van der Waals surface area contributed by atoms with Gasteiger partial charge in [0.05, 0.1) is 25.2 Å². The number of carbonyl (C=O) groups excluding carboxylic acids is 2. The van der Waals surface area contributed by atoms with Crippen molar-refractivity contribution in [2.75, 3.05) is 19.7 Å². The Hall–Kier alpha value is -2.32. The molecule has 0 bridgehead atoms. The van der Waals surface area contributed by atoms with Gasteiger partial charge in [0.15, 0.2) is 0 Å². The molecule has 0 unspecified atom stereocenters. The molecule has 3 fully saturated rings. The molecule has 30 heavy (non-hydrogen) atoms. The summed E-state index contributed by atoms with van der Waals surface area (Å²) in [5.74, 6) is 6.90. The average molecular weight is 409 g/mol. The van der Waals surface area contributed by atoms with E-state index >= 15 is 0 Å². The molecule has 3 atom stereocenters. The molecular weight excluding hydrogens is 376 g/mol. The maximum Gasteiger partial charge on any atom is 0.242 e. The highest BCUT2D eigenvalue weighted by atomic mass is 16.3. The Morgan fingerprint density at radius 2 is 1.87 bits per heavy atom. The Balaban J connectivity index is 1.51. The highest BCUT2D eigenvalue weighted by Crippen LogP contribution is 2.43. The largest absolute Gasteiger partial charge is 0.394 e. The molecule has 5 nitrogen and oxygen atoms in total. The summed E-state index contributed by atoms with van der Waals surface area (Å²) in [4.78, 5) is 29.4. The van der Waals surface area contributed by atoms with Gasteiger partial charge in [0, 0.05) is 29.9 Å². The van der Waals surface area contributed by atoms with Crippen molar-refractivity contribution in [2.24, 2.45) is 11.8 Å². The second-order valence-electron chi connectivity index (χ2n) is 9.24. The zero-order chi connectivity index (χ0) is 21.3. The molecule has 4 rings (SSSR count). The predicted octanol–water partition coefficient (Wildman–Crippen LogP) is 2.77. The van der Waals surface area contributed by atoms with Crippen LogP contribution in [0.2, 0.25) is 0 Å². The molecule has 2 amide bonds. The summed E-state index contributed by atoms with van der Waals surface area (Å²) in [7, 11) is 0. The lowest BCUT2D eigenvalue weighted by atomic mass is 9.73. The molecule has 160 valence electrons. The van der Waals surface area contributed by atoms with E-state index in [1.54, 1.807) is 4.90 Å². The lowest BCUT2D eigenvalue weighted by Crippen LogP contribution is -2.73. The number of piperazine rings is 1. The van der Waals surface area contributed by atoms with Gasteiger partial charge < -0.3 is 14.9 Å². The van der Waals surface area contributed by atoms with E-state index in [2.05, 4.69) is 37.8 Å². The first-order valence-electron chi connectivity index (χ1n) is 11.3. The van der Waals surface area contributed by atoms with E-state index in [4.69, 9.17) is 0 Å². The van der Waals surface area contributed by atoms with Gasteiger partial charge in [-0.25, -0.2) is 0 Å². The van der Waals surface area contributed by atoms with Crippen molar-refractivity contribution < 1.29 is 14.7 Å². The Bertz CT molecular complexity index is 845. The molecule has 0 radical (unpaired) electrons. The van der Waals surface area contributed by atoms with Gasteiger partial charge in [0.2, 0.25) is 11.8 Å². The highest BCUT2D eigenvalue weighted by molar-refractivity contribution is 5.88. The van der Waals surface area contributed by atoms with Crippen LogP contribution in [0.25, 0.3) is 0 Å². The number of nitrogens with zero attached hydrogens (tertiary/aromatic N) is 2. The first-order chi connectivity index (χ1) is 14.5. The van der Waals surface area contributed by atoms with Crippen LogP contribution < -0.4 is 0 Å². The van der Waals surface area contributed by atoms with Crippen LogP contribution in [-0.4, -0.2) is 58.5 Å². The van der Waals surface area contributed by atoms with Gasteiger partial charge in [-0.15, -0.1) is 0 Å². The number of aliphatic hydroxyl groups excluding tert-OH is 1. The number of aliphatic hydroxyl groups is 1. The molecule has 0 spiro atoms. The van der Waals surface area contributed by atoms with E-state index in [0.717, 1.165) is 36.8 Å². The van der Waals surface area contributed by atoms with Gasteiger partial charge in [-0.3, -0.25) is 9.59 Å². The normalized spacial score (nSPS) is 26.7. The van der Waals surface area contributed by atoms with E-state index in [1.165, 1.54) is 6.42 Å². The first kappa shape index (κ1) is 20.9. The first-order valence-corrected chi connectivity index (χ1v) is 11.3. The molecule has 2 heterocycles. The number of amides is 2. The lowest BCUT2D eigenvalue weighted by Gasteiger charge is -2.59. The van der Waals surface area contributed by atoms with Gasteiger partial charge >= 0.3 is 0 Å². The minimum absolute atomic E-state index is 0.0369. The summed E-state index contributed by atoms with van der Waals surface area (Å²) >= 11 is 0. The van der Waals surface area contributed by atoms with Crippen LogP contribution in [0.1, 0.15) is 63.0 Å². The zero-order valence-electron chi connectivity index (χ0n) is 18.0. The van der Waals surface area contributed by atoms with E-state index < -0.39 is 0 Å². The summed E-state index contributed by atoms with van der Waals surface area (Å²) in [5, 5.41) is 9.96. The SMILES string of the molecule is CC(C)C#Cc1ccc([C@H]2[C@@H](CO)N3C(=O)CN(C(=O)C4CCCCC4)C[C@@H]23)cc1. The van der Waals surface area contributed by atoms with E-state index in [-0.39, 0.29) is 48.9 Å². The summed E-state index contributed by atoms with van der Waals surface area (Å²) in [6.45, 7) is 4.79. The topological polar surface area (TPSA) is 60.9 Å². The summed E-state index contributed by atoms with van der Waals surface area (Å²) in [6, 6.07) is 7.88. The number of carbonyl (C=O) groups is 2. The predicted molar refractivity (Wildman–Crippen MR) is 116 cm³/mol. The van der Waals surface area contributed by atoms with Gasteiger partial charge in [-0.2, -0.15) is 0 Å². The van der Waals surface area contributed by atoms with Crippen LogP contribution in [0.15, 0.2) is 24.3 Å². The van der Waals surface area contributed by atoms with E-state index in [0.29, 0.717) is 12.5 Å². The van der Waals surface area contributed by atoms with Crippen LogP contribution in [-0.2, 0) is 9.59 Å². The fourth-order valence-corrected chi connectivity index (χ4v) is 5.29. The fraction of sp³-hybridized carbons (Fsp3) is 0.600. The molecule has 1 aromatic carbocycles. The zero-order valence-corrected chi connectivity index (χ0v) is 18.0. The van der Waals surface area contributed by atoms with Gasteiger partial charge in [-0.1, -0.05) is 57.1 Å². The Morgan fingerprint density at radius 3 is 2.50 bits per heavy atom. The summed E-state index contributed by atoms with van der Waals surface area (Å²) in [6.07, 6.45) is 5.31. The standard InChI is InChI=1S/C25H32N2O3/c1-17(2)8-9-18-10-12-19(13-11-18)24-21-14-26(15-23(29)27(21)22(24)16-28)25(30)20-6-4-3-5-7-20/h10-13,17,20-22,24,28H,3-7,14-16H2,1-2H3/t21-,22+,24+/m0/s1. The lowest BCUT2D eigenvalue weighted by molar-refractivity contribution is -0.168. The third kappa shape index (κ3) is 3.98. The number of fused-ring (bicyclic) bond motifs is 1. The number of hydrogen-bond donors (Lipinski definition) is 1. The van der Waals surface area contributed by atoms with Crippen LogP contribution >= 0.6 is 0 Å². The Morgan fingerprint density at radius 1 is 1.17 bits per heavy atom. The van der Waals surface area contributed by atoms with Crippen molar-refractivity contribution in [3.8, 4) is 11.8 Å². The van der Waals surface area contributed by atoms with Crippen LogP contribution in [0, 0.1) is 23.7 Å². The average Bonchev–Trinajstić information content (AvgIpc) is 2.74. The van der Waals surface area contributed by atoms with Crippen LogP contribution in [0.3, 0.4) is 0 Å². The Labute approximate surface area is 179 Å². The Kier molecular flexibility index (Phi) is 6.15. The van der Waals surface area contributed by atoms with Crippen molar-refractivity contribution in [3.05, 3.63) is 35.4 Å². The minimum Gasteiger partial charge on any atom is -0.394 e. The molecule has 2 saturated heterocycles. The maximum absolute atomic E-state index is 13.0. The van der Waals surface area contributed by atoms with Gasteiger partial charge in [-0.05, 0) is 30.5 Å². The summed E-state index contributed by atoms with van der Waals surface area (Å²) < 4.78 is 0. The minimum atomic E-state index is -0.206. The third-order valence-corrected chi connectivity index (χ3v) is 6.82. The van der Waals surface area contributed by atoms with E-state index in [1.807, 2.05) is 17.0 Å². The van der Waals surface area contributed by atoms with Gasteiger partial charge in [0.25, 0.3) is 0 Å². The molecular formula is C25H32N2O3. The molecule has 3 aliphatic rings. The van der Waals surface area contributed by atoms with Gasteiger partial charge in [0.1, 0.15) is 0 Å².